The minimum Gasteiger partial charge on any atom is -0.381 e. The summed E-state index contributed by atoms with van der Waals surface area (Å²) in [5.74, 6) is 1.34. The van der Waals surface area contributed by atoms with Crippen LogP contribution in [0.1, 0.15) is 37.6 Å². The molecule has 1 aliphatic heterocycles. The van der Waals surface area contributed by atoms with Gasteiger partial charge in [0.2, 0.25) is 5.91 Å². The predicted octanol–water partition coefficient (Wildman–Crippen LogP) is 2.87. The number of hydrogen-bond donors (Lipinski definition) is 2. The fraction of sp³-hybridized carbons (Fsp3) is 0.684. The predicted molar refractivity (Wildman–Crippen MR) is 123 cm³/mol. The highest BCUT2D eigenvalue weighted by Gasteiger charge is 2.21. The number of rotatable bonds is 9. The molecule has 0 saturated heterocycles. The Morgan fingerprint density at radius 3 is 2.96 bits per heavy atom. The maximum atomic E-state index is 12.5. The molecule has 1 aromatic heterocycles. The summed E-state index contributed by atoms with van der Waals surface area (Å²) in [4.78, 5) is 20.2. The summed E-state index contributed by atoms with van der Waals surface area (Å²) in [6.45, 7) is 11.1. The molecule has 154 valence electrons. The lowest BCUT2D eigenvalue weighted by Crippen LogP contribution is -2.40. The summed E-state index contributed by atoms with van der Waals surface area (Å²) in [6.07, 6.45) is 1.87. The summed E-state index contributed by atoms with van der Waals surface area (Å²) in [5, 5.41) is 8.56. The van der Waals surface area contributed by atoms with E-state index >= 15 is 0 Å². The van der Waals surface area contributed by atoms with Crippen LogP contribution in [0.5, 0.6) is 0 Å². The van der Waals surface area contributed by atoms with Crippen molar-refractivity contribution >= 4 is 47.2 Å². The minimum absolute atomic E-state index is 0. The van der Waals surface area contributed by atoms with Crippen molar-refractivity contribution < 1.29 is 9.53 Å². The topological polar surface area (TPSA) is 66.0 Å². The van der Waals surface area contributed by atoms with E-state index < -0.39 is 0 Å². The molecule has 1 amide bonds. The van der Waals surface area contributed by atoms with Crippen molar-refractivity contribution in [3.05, 3.63) is 21.9 Å². The van der Waals surface area contributed by atoms with Crippen LogP contribution in [0.25, 0.3) is 0 Å². The van der Waals surface area contributed by atoms with E-state index in [9.17, 15) is 4.79 Å². The normalized spacial score (nSPS) is 13.9. The monoisotopic (exact) mass is 508 g/mol. The molecule has 8 heteroatoms. The lowest BCUT2D eigenvalue weighted by Gasteiger charge is -2.26. The maximum absolute atomic E-state index is 12.5. The molecular weight excluding hydrogens is 475 g/mol. The Bertz CT molecular complexity index is 592. The van der Waals surface area contributed by atoms with E-state index in [-0.39, 0.29) is 36.4 Å². The Morgan fingerprint density at radius 2 is 2.22 bits per heavy atom. The van der Waals surface area contributed by atoms with Crippen LogP contribution in [-0.4, -0.2) is 56.2 Å². The molecule has 6 nitrogen and oxygen atoms in total. The third-order valence-corrected chi connectivity index (χ3v) is 5.11. The highest BCUT2D eigenvalue weighted by Crippen LogP contribution is 2.23. The van der Waals surface area contributed by atoms with Gasteiger partial charge in [-0.1, -0.05) is 13.8 Å². The Balaban J connectivity index is 0.00000364. The number of amides is 1. The average Bonchev–Trinajstić information content (AvgIpc) is 3.09. The highest BCUT2D eigenvalue weighted by atomic mass is 127. The first-order valence-electron chi connectivity index (χ1n) is 9.53. The number of fused-ring (bicyclic) bond motifs is 1. The van der Waals surface area contributed by atoms with Crippen LogP contribution in [-0.2, 0) is 22.5 Å². The molecule has 27 heavy (non-hydrogen) atoms. The van der Waals surface area contributed by atoms with Crippen molar-refractivity contribution in [3.8, 4) is 0 Å². The number of nitrogens with one attached hydrogen (secondary N) is 2. The van der Waals surface area contributed by atoms with Crippen molar-refractivity contribution in [2.45, 2.75) is 40.2 Å². The Labute approximate surface area is 184 Å². The molecule has 0 atom stereocenters. The number of aliphatic imine (C=N–C) groups is 1. The largest absolute Gasteiger partial charge is 0.381 e. The number of carbonyl (C=O) groups is 1. The molecule has 0 unspecified atom stereocenters. The van der Waals surface area contributed by atoms with Gasteiger partial charge in [-0.05, 0) is 42.7 Å². The standard InChI is InChI=1S/C19H32N4O2S.HI/c1-4-20-19(21-8-5-10-25-14-15(2)3)22-12-18(24)23-9-6-17-16(13-23)7-11-26-17;/h7,11,15H,4-6,8-10,12-14H2,1-3H3,(H2,20,21,22);1H. The Morgan fingerprint density at radius 1 is 1.41 bits per heavy atom. The molecule has 1 aromatic rings. The van der Waals surface area contributed by atoms with Gasteiger partial charge in [0.25, 0.3) is 0 Å². The van der Waals surface area contributed by atoms with Gasteiger partial charge in [-0.15, -0.1) is 35.3 Å². The van der Waals surface area contributed by atoms with Gasteiger partial charge < -0.3 is 20.3 Å². The van der Waals surface area contributed by atoms with E-state index in [1.807, 2.05) is 11.8 Å². The number of nitrogens with zero attached hydrogens (tertiary/aromatic N) is 2. The summed E-state index contributed by atoms with van der Waals surface area (Å²) < 4.78 is 5.58. The number of carbonyl (C=O) groups excluding carboxylic acids is 1. The number of hydrogen-bond acceptors (Lipinski definition) is 4. The second kappa shape index (κ2) is 13.3. The van der Waals surface area contributed by atoms with Gasteiger partial charge in [0, 0.05) is 44.3 Å². The van der Waals surface area contributed by atoms with E-state index in [0.29, 0.717) is 18.4 Å². The van der Waals surface area contributed by atoms with Crippen molar-refractivity contribution in [2.24, 2.45) is 10.9 Å². The first kappa shape index (κ1) is 24.2. The van der Waals surface area contributed by atoms with Gasteiger partial charge in [0.15, 0.2) is 5.96 Å². The number of ether oxygens (including phenoxy) is 1. The molecule has 0 spiro atoms. The number of thiophene rings is 1. The Kier molecular flexibility index (Phi) is 11.9. The van der Waals surface area contributed by atoms with E-state index in [1.54, 1.807) is 11.3 Å². The van der Waals surface area contributed by atoms with Crippen LogP contribution >= 0.6 is 35.3 Å². The van der Waals surface area contributed by atoms with E-state index in [2.05, 4.69) is 40.9 Å². The van der Waals surface area contributed by atoms with Crippen LogP contribution in [0.15, 0.2) is 16.4 Å². The van der Waals surface area contributed by atoms with E-state index in [1.165, 1.54) is 10.4 Å². The van der Waals surface area contributed by atoms with Crippen molar-refractivity contribution in [1.82, 2.24) is 15.5 Å². The third-order valence-electron chi connectivity index (χ3n) is 4.09. The molecule has 2 N–H and O–H groups in total. The molecule has 0 aliphatic carbocycles. The van der Waals surface area contributed by atoms with Crippen LogP contribution in [0.4, 0.5) is 0 Å². The molecule has 0 fully saturated rings. The van der Waals surface area contributed by atoms with Crippen LogP contribution < -0.4 is 10.6 Å². The zero-order chi connectivity index (χ0) is 18.8. The molecule has 1 aliphatic rings. The van der Waals surface area contributed by atoms with Crippen LogP contribution in [0, 0.1) is 5.92 Å². The van der Waals surface area contributed by atoms with Crippen molar-refractivity contribution in [2.75, 3.05) is 39.4 Å². The maximum Gasteiger partial charge on any atom is 0.244 e. The fourth-order valence-corrected chi connectivity index (χ4v) is 3.64. The Hall–Kier alpha value is -0.870. The van der Waals surface area contributed by atoms with Gasteiger partial charge in [-0.3, -0.25) is 4.79 Å². The zero-order valence-electron chi connectivity index (χ0n) is 16.6. The second-order valence-electron chi connectivity index (χ2n) is 6.88. The molecule has 0 radical (unpaired) electrons. The molecule has 2 heterocycles. The number of halogens is 1. The first-order chi connectivity index (χ1) is 12.6. The smallest absolute Gasteiger partial charge is 0.244 e. The molecule has 0 bridgehead atoms. The van der Waals surface area contributed by atoms with Gasteiger partial charge in [0.1, 0.15) is 6.54 Å². The lowest BCUT2D eigenvalue weighted by atomic mass is 10.1. The van der Waals surface area contributed by atoms with Gasteiger partial charge in [-0.2, -0.15) is 0 Å². The highest BCUT2D eigenvalue weighted by molar-refractivity contribution is 14.0. The van der Waals surface area contributed by atoms with Crippen molar-refractivity contribution in [3.63, 3.8) is 0 Å². The van der Waals surface area contributed by atoms with Crippen molar-refractivity contribution in [1.29, 1.82) is 0 Å². The average molecular weight is 508 g/mol. The summed E-state index contributed by atoms with van der Waals surface area (Å²) in [7, 11) is 0. The zero-order valence-corrected chi connectivity index (χ0v) is 19.8. The lowest BCUT2D eigenvalue weighted by molar-refractivity contribution is -0.130. The van der Waals surface area contributed by atoms with Crippen LogP contribution in [0.2, 0.25) is 0 Å². The van der Waals surface area contributed by atoms with E-state index in [0.717, 1.165) is 45.7 Å². The van der Waals surface area contributed by atoms with E-state index in [4.69, 9.17) is 4.74 Å². The van der Waals surface area contributed by atoms with Gasteiger partial charge in [0.05, 0.1) is 0 Å². The quantitative estimate of drug-likeness (QED) is 0.233. The van der Waals surface area contributed by atoms with Gasteiger partial charge >= 0.3 is 0 Å². The van der Waals surface area contributed by atoms with Gasteiger partial charge in [-0.25, -0.2) is 4.99 Å². The SMILES string of the molecule is CCNC(=NCC(=O)N1CCc2sccc2C1)NCCCOCC(C)C.I. The summed E-state index contributed by atoms with van der Waals surface area (Å²) >= 11 is 1.78. The molecule has 0 saturated carbocycles. The molecule has 2 rings (SSSR count). The second-order valence-corrected chi connectivity index (χ2v) is 7.88. The third kappa shape index (κ3) is 8.78. The first-order valence-corrected chi connectivity index (χ1v) is 10.4. The minimum atomic E-state index is 0. The fourth-order valence-electron chi connectivity index (χ4n) is 2.75. The molecule has 0 aromatic carbocycles. The number of guanidine groups is 1. The molecular formula is C19H33IN4O2S. The summed E-state index contributed by atoms with van der Waals surface area (Å²) in [6, 6.07) is 2.12. The van der Waals surface area contributed by atoms with Crippen LogP contribution in [0.3, 0.4) is 0 Å². The summed E-state index contributed by atoms with van der Waals surface area (Å²) in [5.41, 5.74) is 1.28.